The average molecular weight is 457 g/mol. The number of thioether (sulfide) groups is 1. The van der Waals surface area contributed by atoms with Gasteiger partial charge < -0.3 is 14.6 Å². The van der Waals surface area contributed by atoms with E-state index in [1.807, 2.05) is 18.4 Å². The Bertz CT molecular complexity index is 1080. The van der Waals surface area contributed by atoms with Crippen LogP contribution < -0.4 is 5.32 Å². The molecule has 1 N–H and O–H groups in total. The van der Waals surface area contributed by atoms with Crippen molar-refractivity contribution in [2.24, 2.45) is 5.92 Å². The SMILES string of the molecule is CCOC(=O)c1ccc(NC(=O)CSc2nnc(-c3ccccc3F)n2CC(C)C)cc1. The minimum Gasteiger partial charge on any atom is -0.462 e. The van der Waals surface area contributed by atoms with Crippen molar-refractivity contribution >= 4 is 29.3 Å². The van der Waals surface area contributed by atoms with Gasteiger partial charge in [-0.05, 0) is 49.2 Å². The summed E-state index contributed by atoms with van der Waals surface area (Å²) in [6, 6.07) is 12.9. The van der Waals surface area contributed by atoms with Crippen LogP contribution in [0.1, 0.15) is 31.1 Å². The van der Waals surface area contributed by atoms with Gasteiger partial charge in [-0.3, -0.25) is 4.79 Å². The molecule has 0 aliphatic rings. The molecule has 0 fully saturated rings. The van der Waals surface area contributed by atoms with Crippen LogP contribution in [-0.4, -0.2) is 39.0 Å². The number of anilines is 1. The van der Waals surface area contributed by atoms with E-state index in [0.29, 0.717) is 40.9 Å². The lowest BCUT2D eigenvalue weighted by atomic mass is 10.2. The molecule has 168 valence electrons. The summed E-state index contributed by atoms with van der Waals surface area (Å²) in [6.45, 7) is 6.73. The van der Waals surface area contributed by atoms with Gasteiger partial charge in [0.1, 0.15) is 5.82 Å². The first-order chi connectivity index (χ1) is 15.4. The maximum absolute atomic E-state index is 14.3. The van der Waals surface area contributed by atoms with Crippen LogP contribution >= 0.6 is 11.8 Å². The van der Waals surface area contributed by atoms with E-state index in [9.17, 15) is 14.0 Å². The maximum Gasteiger partial charge on any atom is 0.338 e. The molecule has 0 unspecified atom stereocenters. The molecule has 1 amide bonds. The largest absolute Gasteiger partial charge is 0.462 e. The Labute approximate surface area is 190 Å². The zero-order valence-corrected chi connectivity index (χ0v) is 19.0. The van der Waals surface area contributed by atoms with Crippen molar-refractivity contribution in [2.45, 2.75) is 32.5 Å². The van der Waals surface area contributed by atoms with Crippen LogP contribution in [-0.2, 0) is 16.1 Å². The summed E-state index contributed by atoms with van der Waals surface area (Å²) in [4.78, 5) is 24.2. The molecule has 9 heteroatoms. The molecule has 0 atom stereocenters. The molecule has 0 saturated carbocycles. The van der Waals surface area contributed by atoms with E-state index in [1.54, 1.807) is 49.4 Å². The van der Waals surface area contributed by atoms with E-state index < -0.39 is 5.97 Å². The molecule has 32 heavy (non-hydrogen) atoms. The summed E-state index contributed by atoms with van der Waals surface area (Å²) in [5.74, 6) is -0.184. The molecule has 0 bridgehead atoms. The first-order valence-electron chi connectivity index (χ1n) is 10.3. The van der Waals surface area contributed by atoms with Gasteiger partial charge >= 0.3 is 5.97 Å². The minimum absolute atomic E-state index is 0.104. The average Bonchev–Trinajstić information content (AvgIpc) is 3.15. The number of hydrogen-bond donors (Lipinski definition) is 1. The summed E-state index contributed by atoms with van der Waals surface area (Å²) in [5, 5.41) is 11.7. The Morgan fingerprint density at radius 2 is 1.84 bits per heavy atom. The Balaban J connectivity index is 1.68. The van der Waals surface area contributed by atoms with Crippen LogP contribution in [0.15, 0.2) is 53.7 Å². The first-order valence-corrected chi connectivity index (χ1v) is 11.3. The first kappa shape index (κ1) is 23.5. The van der Waals surface area contributed by atoms with Gasteiger partial charge in [0.15, 0.2) is 11.0 Å². The number of hydrogen-bond acceptors (Lipinski definition) is 6. The predicted octanol–water partition coefficient (Wildman–Crippen LogP) is 4.65. The van der Waals surface area contributed by atoms with Crippen molar-refractivity contribution in [3.05, 3.63) is 59.9 Å². The lowest BCUT2D eigenvalue weighted by Gasteiger charge is -2.13. The normalized spacial score (nSPS) is 10.9. The van der Waals surface area contributed by atoms with E-state index in [1.165, 1.54) is 17.8 Å². The molecule has 0 aliphatic carbocycles. The van der Waals surface area contributed by atoms with Crippen molar-refractivity contribution in [1.82, 2.24) is 14.8 Å². The molecule has 0 saturated heterocycles. The molecule has 3 rings (SSSR count). The molecule has 1 heterocycles. The summed E-state index contributed by atoms with van der Waals surface area (Å²) in [7, 11) is 0. The fourth-order valence-electron chi connectivity index (χ4n) is 3.00. The highest BCUT2D eigenvalue weighted by atomic mass is 32.2. The molecule has 2 aromatic carbocycles. The molecule has 3 aromatic rings. The highest BCUT2D eigenvalue weighted by molar-refractivity contribution is 7.99. The third-order valence-electron chi connectivity index (χ3n) is 4.39. The highest BCUT2D eigenvalue weighted by Crippen LogP contribution is 2.27. The zero-order chi connectivity index (χ0) is 23.1. The fourth-order valence-corrected chi connectivity index (χ4v) is 3.75. The number of nitrogens with zero attached hydrogens (tertiary/aromatic N) is 3. The number of halogens is 1. The van der Waals surface area contributed by atoms with Crippen LogP contribution in [0.3, 0.4) is 0 Å². The van der Waals surface area contributed by atoms with Crippen molar-refractivity contribution in [1.29, 1.82) is 0 Å². The third-order valence-corrected chi connectivity index (χ3v) is 5.36. The highest BCUT2D eigenvalue weighted by Gasteiger charge is 2.19. The van der Waals surface area contributed by atoms with Crippen LogP contribution in [0.5, 0.6) is 0 Å². The molecular formula is C23H25FN4O3S. The summed E-state index contributed by atoms with van der Waals surface area (Å²) in [5.41, 5.74) is 1.36. The lowest BCUT2D eigenvalue weighted by Crippen LogP contribution is -2.15. The summed E-state index contributed by atoms with van der Waals surface area (Å²) < 4.78 is 21.1. The molecule has 0 aliphatic heterocycles. The summed E-state index contributed by atoms with van der Waals surface area (Å²) >= 11 is 1.23. The Morgan fingerprint density at radius 1 is 1.12 bits per heavy atom. The minimum atomic E-state index is -0.406. The number of amides is 1. The standard InChI is InChI=1S/C23H25FN4O3S/c1-4-31-22(30)16-9-11-17(12-10-16)25-20(29)14-32-23-27-26-21(28(23)13-15(2)3)18-7-5-6-8-19(18)24/h5-12,15H,4,13-14H2,1-3H3,(H,25,29). The molecule has 1 aromatic heterocycles. The second-order valence-electron chi connectivity index (χ2n) is 7.43. The number of aromatic nitrogens is 3. The zero-order valence-electron chi connectivity index (χ0n) is 18.2. The quantitative estimate of drug-likeness (QED) is 0.373. The Hall–Kier alpha value is -3.20. The van der Waals surface area contributed by atoms with Gasteiger partial charge in [0.05, 0.1) is 23.5 Å². The summed E-state index contributed by atoms with van der Waals surface area (Å²) in [6.07, 6.45) is 0. The lowest BCUT2D eigenvalue weighted by molar-refractivity contribution is -0.113. The monoisotopic (exact) mass is 456 g/mol. The van der Waals surface area contributed by atoms with Gasteiger partial charge in [-0.25, -0.2) is 9.18 Å². The van der Waals surface area contributed by atoms with Crippen LogP contribution in [0.25, 0.3) is 11.4 Å². The van der Waals surface area contributed by atoms with Gasteiger partial charge in [0.25, 0.3) is 0 Å². The topological polar surface area (TPSA) is 86.1 Å². The van der Waals surface area contributed by atoms with Crippen molar-refractivity contribution < 1.29 is 18.7 Å². The van der Waals surface area contributed by atoms with Gasteiger partial charge in [0, 0.05) is 12.2 Å². The van der Waals surface area contributed by atoms with Gasteiger partial charge in [-0.1, -0.05) is 37.7 Å². The van der Waals surface area contributed by atoms with E-state index in [4.69, 9.17) is 4.74 Å². The number of ether oxygens (including phenoxy) is 1. The smallest absolute Gasteiger partial charge is 0.338 e. The van der Waals surface area contributed by atoms with E-state index in [0.717, 1.165) is 0 Å². The van der Waals surface area contributed by atoms with Crippen molar-refractivity contribution in [2.75, 3.05) is 17.7 Å². The van der Waals surface area contributed by atoms with Gasteiger partial charge in [-0.2, -0.15) is 0 Å². The van der Waals surface area contributed by atoms with Crippen molar-refractivity contribution in [3.8, 4) is 11.4 Å². The molecule has 7 nitrogen and oxygen atoms in total. The number of esters is 1. The fraction of sp³-hybridized carbons (Fsp3) is 0.304. The van der Waals surface area contributed by atoms with E-state index in [-0.39, 0.29) is 23.4 Å². The number of rotatable bonds is 9. The molecular weight excluding hydrogens is 431 g/mol. The Kier molecular flexibility index (Phi) is 7.99. The van der Waals surface area contributed by atoms with Crippen LogP contribution in [0.2, 0.25) is 0 Å². The van der Waals surface area contributed by atoms with E-state index in [2.05, 4.69) is 15.5 Å². The van der Waals surface area contributed by atoms with Gasteiger partial charge in [-0.15, -0.1) is 10.2 Å². The van der Waals surface area contributed by atoms with Crippen molar-refractivity contribution in [3.63, 3.8) is 0 Å². The number of carbonyl (C=O) groups excluding carboxylic acids is 2. The Morgan fingerprint density at radius 3 is 2.50 bits per heavy atom. The number of benzene rings is 2. The number of carbonyl (C=O) groups is 2. The van der Waals surface area contributed by atoms with Gasteiger partial charge in [0.2, 0.25) is 5.91 Å². The second kappa shape index (κ2) is 10.9. The second-order valence-corrected chi connectivity index (χ2v) is 8.37. The third kappa shape index (κ3) is 5.94. The van der Waals surface area contributed by atoms with E-state index >= 15 is 0 Å². The molecule has 0 radical (unpaired) electrons. The molecule has 0 spiro atoms. The number of nitrogens with one attached hydrogen (secondary N) is 1. The predicted molar refractivity (Wildman–Crippen MR) is 122 cm³/mol. The van der Waals surface area contributed by atoms with Crippen LogP contribution in [0.4, 0.5) is 10.1 Å². The van der Waals surface area contributed by atoms with Crippen LogP contribution in [0, 0.1) is 11.7 Å². The maximum atomic E-state index is 14.3.